The number of rotatable bonds is 14. The zero-order valence-electron chi connectivity index (χ0n) is 34.7. The van der Waals surface area contributed by atoms with Gasteiger partial charge in [-0.1, -0.05) is 6.07 Å². The molecule has 4 heterocycles. The average molecular weight is 936 g/mol. The molecule has 0 bridgehead atoms. The molecular weight excluding hydrogens is 884 g/mol. The Hall–Kier alpha value is -5.35. The Kier molecular flexibility index (Phi) is 15.2. The molecule has 16 atom stereocenters. The Balaban J connectivity index is 1.16. The summed E-state index contributed by atoms with van der Waals surface area (Å²) in [6, 6.07) is 12.3. The molecule has 16 unspecified atom stereocenters. The number of aromatic hydroxyl groups is 4. The van der Waals surface area contributed by atoms with Crippen LogP contribution in [0.25, 0.3) is 12.2 Å². The topological polar surface area (TPSA) is 367 Å². The van der Waals surface area contributed by atoms with Crippen molar-refractivity contribution in [1.82, 2.24) is 0 Å². The number of phenolic OH excluding ortho intramolecular Hbond substituents is 3. The predicted octanol–water partition coefficient (Wildman–Crippen LogP) is -2.77. The maximum Gasteiger partial charge on any atom is 0.330 e. The summed E-state index contributed by atoms with van der Waals surface area (Å²) in [6.07, 6.45) is -24.3. The quantitative estimate of drug-likeness (QED) is 0.0442. The summed E-state index contributed by atoms with van der Waals surface area (Å²) in [7, 11) is 1.34. The Morgan fingerprint density at radius 2 is 1.29 bits per heavy atom. The molecule has 0 aliphatic carbocycles. The van der Waals surface area contributed by atoms with Crippen molar-refractivity contribution in [2.75, 3.05) is 26.9 Å². The molecule has 3 aromatic rings. The summed E-state index contributed by atoms with van der Waals surface area (Å²) in [4.78, 5) is 12.7. The summed E-state index contributed by atoms with van der Waals surface area (Å²) in [6.45, 7) is -2.32. The molecule has 3 fully saturated rings. The second-order valence-electron chi connectivity index (χ2n) is 15.7. The maximum absolute atomic E-state index is 12.7. The van der Waals surface area contributed by atoms with E-state index < -0.39 is 124 Å². The van der Waals surface area contributed by atoms with Gasteiger partial charge in [0, 0.05) is 18.2 Å². The third kappa shape index (κ3) is 10.3. The zero-order valence-corrected chi connectivity index (χ0v) is 34.7. The van der Waals surface area contributed by atoms with E-state index in [9.17, 15) is 71.2 Å². The minimum Gasteiger partial charge on any atom is -0.571 e. The fourth-order valence-electron chi connectivity index (χ4n) is 7.58. The molecule has 0 spiro atoms. The number of methoxy groups -OCH3 is 1. The number of benzene rings is 3. The summed E-state index contributed by atoms with van der Waals surface area (Å²) in [5.74, 6) is -1.70. The first-order valence-corrected chi connectivity index (χ1v) is 20.4. The van der Waals surface area contributed by atoms with Crippen LogP contribution < -0.4 is 9.47 Å². The molecule has 0 amide bonds. The smallest absolute Gasteiger partial charge is 0.330 e. The minimum atomic E-state index is -2.03. The lowest BCUT2D eigenvalue weighted by molar-refractivity contribution is -0.364. The highest BCUT2D eigenvalue weighted by Crippen LogP contribution is 2.47. The van der Waals surface area contributed by atoms with Crippen LogP contribution in [0.1, 0.15) is 22.8 Å². The molecule has 0 radical (unpaired) electrons. The fourth-order valence-corrected chi connectivity index (χ4v) is 7.58. The molecular formula is C43H51O23+. The lowest BCUT2D eigenvalue weighted by Crippen LogP contribution is -2.64. The van der Waals surface area contributed by atoms with Crippen molar-refractivity contribution in [3.8, 4) is 34.5 Å². The molecule has 23 nitrogen and oxygen atoms in total. The number of carbonyl (C=O) groups excluding carboxylic acids is 1. The molecule has 0 saturated carbocycles. The summed E-state index contributed by atoms with van der Waals surface area (Å²) in [5.41, 5.74) is 0.881. The van der Waals surface area contributed by atoms with Gasteiger partial charge in [-0.15, -0.1) is 0 Å². The van der Waals surface area contributed by atoms with E-state index in [0.29, 0.717) is 11.1 Å². The van der Waals surface area contributed by atoms with Gasteiger partial charge in [-0.2, -0.15) is 0 Å². The molecule has 4 aliphatic heterocycles. The van der Waals surface area contributed by atoms with Crippen LogP contribution in [0.4, 0.5) is 0 Å². The van der Waals surface area contributed by atoms with Gasteiger partial charge < -0.3 is 109 Å². The van der Waals surface area contributed by atoms with Gasteiger partial charge in [-0.3, -0.25) is 0 Å². The van der Waals surface area contributed by atoms with Crippen molar-refractivity contribution in [1.29, 1.82) is 0 Å². The molecule has 7 rings (SSSR count). The average Bonchev–Trinajstić information content (AvgIpc) is 3.30. The van der Waals surface area contributed by atoms with Crippen molar-refractivity contribution in [3.05, 3.63) is 83.1 Å². The summed E-state index contributed by atoms with van der Waals surface area (Å²) >= 11 is 0. The minimum absolute atomic E-state index is 0.0560. The van der Waals surface area contributed by atoms with Gasteiger partial charge >= 0.3 is 5.97 Å². The number of phenols is 3. The van der Waals surface area contributed by atoms with Gasteiger partial charge in [0.05, 0.1) is 32.0 Å². The normalized spacial score (nSPS) is 34.4. The maximum atomic E-state index is 12.7. The van der Waals surface area contributed by atoms with Gasteiger partial charge in [0.2, 0.25) is 12.6 Å². The molecule has 66 heavy (non-hydrogen) atoms. The highest BCUT2D eigenvalue weighted by Gasteiger charge is 2.53. The van der Waals surface area contributed by atoms with Crippen LogP contribution in [0.5, 0.6) is 34.5 Å². The summed E-state index contributed by atoms with van der Waals surface area (Å²) < 4.78 is 50.3. The molecule has 23 heteroatoms. The number of hydrogen-bond acceptors (Lipinski definition) is 22. The van der Waals surface area contributed by atoms with E-state index >= 15 is 0 Å². The second kappa shape index (κ2) is 20.7. The molecule has 3 saturated heterocycles. The van der Waals surface area contributed by atoms with Crippen LogP contribution in [-0.2, 0) is 33.2 Å². The zero-order chi connectivity index (χ0) is 47.6. The highest BCUT2D eigenvalue weighted by molar-refractivity contribution is 5.87. The first-order chi connectivity index (χ1) is 31.5. The first kappa shape index (κ1) is 48.6. The van der Waals surface area contributed by atoms with Crippen LogP contribution in [0.15, 0.2) is 66.4 Å². The van der Waals surface area contributed by atoms with Gasteiger partial charge in [0.25, 0.3) is 11.9 Å². The number of fused-ring (bicyclic) bond motifs is 1. The van der Waals surface area contributed by atoms with Crippen LogP contribution >= 0.6 is 0 Å². The van der Waals surface area contributed by atoms with Crippen LogP contribution in [0.3, 0.4) is 0 Å². The van der Waals surface area contributed by atoms with E-state index in [1.165, 1.54) is 67.8 Å². The van der Waals surface area contributed by atoms with Crippen LogP contribution in [0, 0.1) is 0 Å². The number of esters is 1. The SMILES string of the molecule is COc1cc(C=CC(=O)OCC2OC(OC3C(OC4=Cc5c(OC6OC(CO)C(O)C(O)C6O)cc(O)cc5[OH+]C4c4ccc(O)cc4)OC(CO)C(O)C3O)C(O)C(O)C2O)ccc1O. The number of ether oxygens (including phenoxy) is 9. The highest BCUT2D eigenvalue weighted by atomic mass is 16.8. The molecule has 0 aromatic heterocycles. The largest absolute Gasteiger partial charge is 0.571 e. The van der Waals surface area contributed by atoms with Gasteiger partial charge in [0.15, 0.2) is 29.7 Å². The standard InChI is InChI=1S/C43H50O23/c1-58-25-10-17(2-8-22(25)48)3-9-30(49)59-16-29-33(52)35(54)38(57)42(65-29)66-40-36(55)32(51)28(15-45)64-43(40)62-26-13-21-23(60-39(26)18-4-6-19(46)7-5-18)11-20(47)12-24(21)61-41-37(56)34(53)31(50)27(14-44)63-41/h2-13,27-29,31-48,50-57H,14-16H2,1H3/p+1. The Morgan fingerprint density at radius 3 is 1.95 bits per heavy atom. The Labute approximate surface area is 374 Å². The lowest BCUT2D eigenvalue weighted by Gasteiger charge is -2.46. The molecule has 4 aliphatic rings. The predicted molar refractivity (Wildman–Crippen MR) is 218 cm³/mol. The number of carbonyl (C=O) groups is 1. The van der Waals surface area contributed by atoms with E-state index in [1.54, 1.807) is 0 Å². The lowest BCUT2D eigenvalue weighted by atomic mass is 9.97. The molecule has 360 valence electrons. The Bertz CT molecular complexity index is 2200. The van der Waals surface area contributed by atoms with Crippen molar-refractivity contribution >= 4 is 18.1 Å². The van der Waals surface area contributed by atoms with Crippen molar-refractivity contribution in [2.24, 2.45) is 0 Å². The number of aliphatic hydroxyl groups is 11. The van der Waals surface area contributed by atoms with Crippen molar-refractivity contribution < 1.29 is 114 Å². The molecule has 3 aromatic carbocycles. The second-order valence-corrected chi connectivity index (χ2v) is 15.7. The monoisotopic (exact) mass is 935 g/mol. The van der Waals surface area contributed by atoms with E-state index in [0.717, 1.165) is 12.1 Å². The van der Waals surface area contributed by atoms with E-state index in [2.05, 4.69) is 0 Å². The van der Waals surface area contributed by atoms with Crippen LogP contribution in [0.2, 0.25) is 0 Å². The molecule has 14 N–H and O–H groups in total. The third-order valence-corrected chi connectivity index (χ3v) is 11.3. The van der Waals surface area contributed by atoms with Crippen LogP contribution in [-0.4, -0.2) is 196 Å². The first-order valence-electron chi connectivity index (χ1n) is 20.4. The van der Waals surface area contributed by atoms with E-state index in [4.69, 9.17) is 42.6 Å². The van der Waals surface area contributed by atoms with Gasteiger partial charge in [-0.25, -0.2) is 4.79 Å². The number of aliphatic hydroxyl groups excluding tert-OH is 10. The van der Waals surface area contributed by atoms with Gasteiger partial charge in [0.1, 0.15) is 96.6 Å². The van der Waals surface area contributed by atoms with E-state index in [1.807, 2.05) is 0 Å². The number of hydrogen-bond donors (Lipinski definition) is 13. The van der Waals surface area contributed by atoms with Crippen molar-refractivity contribution in [3.63, 3.8) is 0 Å². The van der Waals surface area contributed by atoms with Crippen molar-refractivity contribution in [2.45, 2.75) is 98.2 Å². The van der Waals surface area contributed by atoms with E-state index in [-0.39, 0.29) is 45.8 Å². The summed E-state index contributed by atoms with van der Waals surface area (Å²) in [5, 5.41) is 137. The third-order valence-electron chi connectivity index (χ3n) is 11.3. The fraction of sp³-hybridized carbons (Fsp3) is 0.465. The Morgan fingerprint density at radius 1 is 0.667 bits per heavy atom. The van der Waals surface area contributed by atoms with Gasteiger partial charge in [-0.05, 0) is 48.0 Å².